The van der Waals surface area contributed by atoms with Crippen molar-refractivity contribution in [2.75, 3.05) is 12.0 Å². The Morgan fingerprint density at radius 1 is 1.07 bits per heavy atom. The molecule has 0 unspecified atom stereocenters. The van der Waals surface area contributed by atoms with Gasteiger partial charge in [0, 0.05) is 5.69 Å². The van der Waals surface area contributed by atoms with Crippen LogP contribution < -0.4 is 9.08 Å². The first-order valence-electron chi connectivity index (χ1n) is 7.80. The number of hydrogen-bond donors (Lipinski definition) is 0. The summed E-state index contributed by atoms with van der Waals surface area (Å²) < 4.78 is 73.1. The van der Waals surface area contributed by atoms with E-state index in [9.17, 15) is 31.2 Å². The van der Waals surface area contributed by atoms with Crippen LogP contribution in [-0.2, 0) is 24.4 Å². The highest BCUT2D eigenvalue weighted by Gasteiger charge is 2.48. The van der Waals surface area contributed by atoms with E-state index in [1.165, 1.54) is 6.92 Å². The molecule has 0 spiro atoms. The first kappa shape index (κ1) is 23.5. The van der Waals surface area contributed by atoms with Gasteiger partial charge in [0.15, 0.2) is 0 Å². The number of hydrogen-bond acceptors (Lipinski definition) is 7. The van der Waals surface area contributed by atoms with Gasteiger partial charge in [-0.25, -0.2) is 9.59 Å². The molecule has 0 bridgehead atoms. The third-order valence-electron chi connectivity index (χ3n) is 3.12. The highest BCUT2D eigenvalue weighted by Crippen LogP contribution is 2.29. The third kappa shape index (κ3) is 6.01. The number of ether oxygens (including phenoxy) is 2. The summed E-state index contributed by atoms with van der Waals surface area (Å²) in [5, 5.41) is 0. The molecule has 28 heavy (non-hydrogen) atoms. The minimum Gasteiger partial charge on any atom is -0.467 e. The molecule has 158 valence electrons. The number of carbonyl (C=O) groups excluding carboxylic acids is 2. The van der Waals surface area contributed by atoms with Crippen LogP contribution >= 0.6 is 0 Å². The van der Waals surface area contributed by atoms with Gasteiger partial charge in [-0.05, 0) is 52.0 Å². The number of halogens is 3. The zero-order valence-electron chi connectivity index (χ0n) is 15.7. The lowest BCUT2D eigenvalue weighted by Gasteiger charge is -2.30. The van der Waals surface area contributed by atoms with Crippen LogP contribution in [0.2, 0.25) is 0 Å². The number of carbonyl (C=O) groups is 2. The number of esters is 1. The van der Waals surface area contributed by atoms with E-state index in [1.54, 1.807) is 20.8 Å². The van der Waals surface area contributed by atoms with Crippen molar-refractivity contribution < 1.29 is 44.8 Å². The summed E-state index contributed by atoms with van der Waals surface area (Å²) in [7, 11) is -4.72. The molecule has 0 radical (unpaired) electrons. The summed E-state index contributed by atoms with van der Waals surface area (Å²) in [6, 6.07) is 2.88. The van der Waals surface area contributed by atoms with Crippen molar-refractivity contribution in [1.82, 2.24) is 0 Å². The van der Waals surface area contributed by atoms with Crippen molar-refractivity contribution in [2.45, 2.75) is 44.8 Å². The smallest absolute Gasteiger partial charge is 0.467 e. The highest BCUT2D eigenvalue weighted by atomic mass is 32.2. The van der Waals surface area contributed by atoms with Crippen LogP contribution in [0.25, 0.3) is 0 Å². The van der Waals surface area contributed by atoms with E-state index in [4.69, 9.17) is 4.74 Å². The Kier molecular flexibility index (Phi) is 6.93. The average Bonchev–Trinajstić information content (AvgIpc) is 2.52. The number of amides is 1. The fraction of sp³-hybridized carbons (Fsp3) is 0.500. The number of methoxy groups -OCH3 is 1. The van der Waals surface area contributed by atoms with E-state index in [2.05, 4.69) is 8.92 Å². The topological polar surface area (TPSA) is 99.2 Å². The lowest BCUT2D eigenvalue weighted by Crippen LogP contribution is -2.46. The Labute approximate surface area is 160 Å². The first-order valence-corrected chi connectivity index (χ1v) is 9.21. The number of benzene rings is 1. The molecule has 0 saturated carbocycles. The highest BCUT2D eigenvalue weighted by molar-refractivity contribution is 7.88. The molecule has 0 aliphatic carbocycles. The van der Waals surface area contributed by atoms with Crippen molar-refractivity contribution in [3.05, 3.63) is 24.3 Å². The largest absolute Gasteiger partial charge is 0.534 e. The van der Waals surface area contributed by atoms with Gasteiger partial charge in [-0.3, -0.25) is 4.90 Å². The van der Waals surface area contributed by atoms with Gasteiger partial charge >= 0.3 is 27.7 Å². The van der Waals surface area contributed by atoms with Crippen LogP contribution in [0.5, 0.6) is 5.75 Å². The summed E-state index contributed by atoms with van der Waals surface area (Å²) in [5.74, 6) is -1.40. The number of anilines is 1. The average molecular weight is 427 g/mol. The summed E-state index contributed by atoms with van der Waals surface area (Å²) >= 11 is 0. The second-order valence-corrected chi connectivity index (χ2v) is 8.06. The van der Waals surface area contributed by atoms with Crippen molar-refractivity contribution in [1.29, 1.82) is 0 Å². The molecule has 0 aliphatic heterocycles. The maximum Gasteiger partial charge on any atom is 0.534 e. The normalized spacial score (nSPS) is 13.4. The van der Waals surface area contributed by atoms with Crippen LogP contribution in [0.4, 0.5) is 23.7 Å². The van der Waals surface area contributed by atoms with E-state index in [1.807, 2.05) is 0 Å². The van der Waals surface area contributed by atoms with Gasteiger partial charge < -0.3 is 13.7 Å². The predicted molar refractivity (Wildman–Crippen MR) is 92.2 cm³/mol. The molecule has 1 aromatic carbocycles. The Balaban J connectivity index is 3.22. The number of alkyl halides is 3. The maximum atomic E-state index is 12.5. The molecule has 0 heterocycles. The molecule has 0 fully saturated rings. The van der Waals surface area contributed by atoms with Crippen molar-refractivity contribution in [3.8, 4) is 5.75 Å². The fourth-order valence-electron chi connectivity index (χ4n) is 1.91. The van der Waals surface area contributed by atoms with E-state index >= 15 is 0 Å². The minimum atomic E-state index is -5.84. The Hall–Kier alpha value is -2.50. The molecule has 0 aliphatic rings. The first-order chi connectivity index (χ1) is 12.6. The van der Waals surface area contributed by atoms with Crippen LogP contribution in [0.1, 0.15) is 27.7 Å². The molecule has 8 nitrogen and oxygen atoms in total. The molecule has 0 N–H and O–H groups in total. The van der Waals surface area contributed by atoms with Crippen LogP contribution in [-0.4, -0.2) is 44.7 Å². The van der Waals surface area contributed by atoms with Gasteiger partial charge in [-0.15, -0.1) is 0 Å². The summed E-state index contributed by atoms with van der Waals surface area (Å²) in [4.78, 5) is 25.3. The van der Waals surface area contributed by atoms with Crippen LogP contribution in [0.3, 0.4) is 0 Å². The monoisotopic (exact) mass is 427 g/mol. The molecule has 0 aromatic heterocycles. The van der Waals surface area contributed by atoms with Gasteiger partial charge in [-0.2, -0.15) is 21.6 Å². The summed E-state index contributed by atoms with van der Waals surface area (Å²) in [6.07, 6.45) is -0.915. The molecule has 1 aromatic rings. The quantitative estimate of drug-likeness (QED) is 0.404. The van der Waals surface area contributed by atoms with Gasteiger partial charge in [0.25, 0.3) is 0 Å². The zero-order valence-corrected chi connectivity index (χ0v) is 16.6. The fourth-order valence-corrected chi connectivity index (χ4v) is 2.37. The molecule has 0 saturated heterocycles. The maximum absolute atomic E-state index is 12.5. The zero-order chi connectivity index (χ0) is 21.9. The second kappa shape index (κ2) is 8.25. The van der Waals surface area contributed by atoms with E-state index in [-0.39, 0.29) is 5.69 Å². The molecule has 12 heteroatoms. The van der Waals surface area contributed by atoms with Crippen LogP contribution in [0, 0.1) is 0 Å². The predicted octanol–water partition coefficient (Wildman–Crippen LogP) is 3.22. The SMILES string of the molecule is COC(=O)[C@H](C)N(C(=O)OC(C)(C)C)c1ccc(OS(=O)(=O)C(F)(F)F)cc1. The van der Waals surface area contributed by atoms with E-state index < -0.39 is 45.1 Å². The standard InChI is InChI=1S/C16H20F3NO7S/c1-10(13(21)25-5)20(14(22)26-15(2,3)4)11-6-8-12(9-7-11)27-28(23,24)16(17,18)19/h6-10H,1-5H3/t10-/m0/s1. The van der Waals surface area contributed by atoms with Crippen molar-refractivity contribution in [2.24, 2.45) is 0 Å². The Bertz CT molecular complexity index is 814. The Morgan fingerprint density at radius 2 is 1.57 bits per heavy atom. The lowest BCUT2D eigenvalue weighted by atomic mass is 10.2. The third-order valence-corrected chi connectivity index (χ3v) is 4.10. The summed E-state index contributed by atoms with van der Waals surface area (Å²) in [5.41, 5.74) is -6.44. The van der Waals surface area contributed by atoms with Gasteiger partial charge in [0.1, 0.15) is 17.4 Å². The number of rotatable bonds is 5. The van der Waals surface area contributed by atoms with Crippen molar-refractivity contribution in [3.63, 3.8) is 0 Å². The summed E-state index contributed by atoms with van der Waals surface area (Å²) in [6.45, 7) is 6.16. The molecule has 1 amide bonds. The molecular weight excluding hydrogens is 407 g/mol. The lowest BCUT2D eigenvalue weighted by molar-refractivity contribution is -0.141. The number of nitrogens with zero attached hydrogens (tertiary/aromatic N) is 1. The molecular formula is C16H20F3NO7S. The molecule has 1 atom stereocenters. The molecule has 1 rings (SSSR count). The Morgan fingerprint density at radius 3 is 1.96 bits per heavy atom. The van der Waals surface area contributed by atoms with Gasteiger partial charge in [0.2, 0.25) is 0 Å². The minimum absolute atomic E-state index is 0.0453. The van der Waals surface area contributed by atoms with Gasteiger partial charge in [-0.1, -0.05) is 0 Å². The second-order valence-electron chi connectivity index (χ2n) is 6.53. The van der Waals surface area contributed by atoms with Crippen molar-refractivity contribution >= 4 is 27.9 Å². The van der Waals surface area contributed by atoms with E-state index in [0.717, 1.165) is 36.3 Å². The van der Waals surface area contributed by atoms with Crippen LogP contribution in [0.15, 0.2) is 24.3 Å². The van der Waals surface area contributed by atoms with E-state index in [0.29, 0.717) is 0 Å². The van der Waals surface area contributed by atoms with Gasteiger partial charge in [0.05, 0.1) is 7.11 Å².